The number of hydrogen-bond acceptors (Lipinski definition) is 4. The average Bonchev–Trinajstić information content (AvgIpc) is 3.55. The van der Waals surface area contributed by atoms with Crippen LogP contribution in [0, 0.1) is 12.3 Å². The smallest absolute Gasteiger partial charge is 0.238 e. The quantitative estimate of drug-likeness (QED) is 0.810. The number of aromatic nitrogens is 1. The summed E-state index contributed by atoms with van der Waals surface area (Å²) in [6.07, 6.45) is 3.07. The molecule has 1 aliphatic carbocycles. The van der Waals surface area contributed by atoms with Crippen molar-refractivity contribution in [2.24, 2.45) is 5.41 Å². The number of carbonyl (C=O) groups is 2. The van der Waals surface area contributed by atoms with Gasteiger partial charge in [0.15, 0.2) is 0 Å². The molecule has 2 aliphatic rings. The van der Waals surface area contributed by atoms with E-state index >= 15 is 0 Å². The van der Waals surface area contributed by atoms with Crippen LogP contribution in [0.2, 0.25) is 0 Å². The molecule has 2 aromatic rings. The monoisotopic (exact) mass is 378 g/mol. The summed E-state index contributed by atoms with van der Waals surface area (Å²) in [5.41, 5.74) is 1.39. The normalized spacial score (nSPS) is 17.9. The Morgan fingerprint density at radius 3 is 2.36 bits per heavy atom. The molecule has 0 atom stereocenters. The second-order valence-corrected chi connectivity index (χ2v) is 7.72. The molecule has 0 bridgehead atoms. The maximum atomic E-state index is 13.1. The molecule has 0 unspecified atom stereocenters. The Bertz CT molecular complexity index is 839. The molecule has 1 saturated heterocycles. The van der Waals surface area contributed by atoms with Crippen molar-refractivity contribution in [2.45, 2.75) is 26.3 Å². The Morgan fingerprint density at radius 2 is 1.75 bits per heavy atom. The van der Waals surface area contributed by atoms with Gasteiger partial charge in [0.25, 0.3) is 0 Å². The molecule has 6 nitrogen and oxygen atoms in total. The summed E-state index contributed by atoms with van der Waals surface area (Å²) in [6, 6.07) is 13.9. The van der Waals surface area contributed by atoms with Crippen molar-refractivity contribution in [3.63, 3.8) is 0 Å². The maximum absolute atomic E-state index is 13.1. The molecule has 28 heavy (non-hydrogen) atoms. The second kappa shape index (κ2) is 7.62. The van der Waals surface area contributed by atoms with E-state index in [0.717, 1.165) is 24.5 Å². The van der Waals surface area contributed by atoms with Crippen LogP contribution < -0.4 is 10.2 Å². The van der Waals surface area contributed by atoms with Crippen LogP contribution in [-0.2, 0) is 16.1 Å². The van der Waals surface area contributed by atoms with Gasteiger partial charge in [-0.3, -0.25) is 9.59 Å². The summed E-state index contributed by atoms with van der Waals surface area (Å²) in [5.74, 6) is 0.784. The minimum Gasteiger partial charge on any atom is -0.353 e. The van der Waals surface area contributed by atoms with Crippen molar-refractivity contribution in [2.75, 3.05) is 31.1 Å². The average molecular weight is 378 g/mol. The van der Waals surface area contributed by atoms with E-state index in [0.29, 0.717) is 32.5 Å². The zero-order chi connectivity index (χ0) is 19.6. The van der Waals surface area contributed by atoms with Gasteiger partial charge in [-0.05, 0) is 37.5 Å². The van der Waals surface area contributed by atoms with Gasteiger partial charge in [-0.2, -0.15) is 0 Å². The highest BCUT2D eigenvalue weighted by molar-refractivity contribution is 6.07. The number of hydrogen-bond donors (Lipinski definition) is 1. The Labute approximate surface area is 165 Å². The van der Waals surface area contributed by atoms with Gasteiger partial charge in [0.1, 0.15) is 11.2 Å². The summed E-state index contributed by atoms with van der Waals surface area (Å²) >= 11 is 0. The molecule has 2 heterocycles. The lowest BCUT2D eigenvalue weighted by Crippen LogP contribution is -2.53. The number of piperazine rings is 1. The van der Waals surface area contributed by atoms with Gasteiger partial charge in [-0.25, -0.2) is 4.98 Å². The van der Waals surface area contributed by atoms with Crippen LogP contribution in [0.4, 0.5) is 5.82 Å². The minimum absolute atomic E-state index is 0.0189. The molecular weight excluding hydrogens is 352 g/mol. The SMILES string of the molecule is Cc1ccc(CNC(=O)C2(C(=O)N3CCN(c4ccccn4)CC3)CC2)cc1. The first kappa shape index (κ1) is 18.5. The van der Waals surface area contributed by atoms with Crippen molar-refractivity contribution < 1.29 is 9.59 Å². The van der Waals surface area contributed by atoms with Gasteiger partial charge in [-0.15, -0.1) is 0 Å². The van der Waals surface area contributed by atoms with Gasteiger partial charge < -0.3 is 15.1 Å². The van der Waals surface area contributed by atoms with Crippen LogP contribution in [0.15, 0.2) is 48.7 Å². The fraction of sp³-hybridized carbons (Fsp3) is 0.409. The maximum Gasteiger partial charge on any atom is 0.238 e. The van der Waals surface area contributed by atoms with E-state index in [-0.39, 0.29) is 11.8 Å². The summed E-state index contributed by atoms with van der Waals surface area (Å²) < 4.78 is 0. The Morgan fingerprint density at radius 1 is 1.04 bits per heavy atom. The fourth-order valence-corrected chi connectivity index (χ4v) is 3.70. The predicted molar refractivity (Wildman–Crippen MR) is 108 cm³/mol. The van der Waals surface area contributed by atoms with Crippen LogP contribution in [0.3, 0.4) is 0 Å². The van der Waals surface area contributed by atoms with Gasteiger partial charge >= 0.3 is 0 Å². The number of rotatable bonds is 5. The Balaban J connectivity index is 1.32. The topological polar surface area (TPSA) is 65.5 Å². The highest BCUT2D eigenvalue weighted by atomic mass is 16.2. The van der Waals surface area contributed by atoms with E-state index < -0.39 is 5.41 Å². The Hall–Kier alpha value is -2.89. The molecule has 1 N–H and O–H groups in total. The summed E-state index contributed by atoms with van der Waals surface area (Å²) in [6.45, 7) is 5.23. The highest BCUT2D eigenvalue weighted by Crippen LogP contribution is 2.47. The number of nitrogens with one attached hydrogen (secondary N) is 1. The van der Waals surface area contributed by atoms with Crippen molar-refractivity contribution in [1.29, 1.82) is 0 Å². The molecule has 1 aromatic carbocycles. The number of pyridine rings is 1. The van der Waals surface area contributed by atoms with Crippen LogP contribution in [0.25, 0.3) is 0 Å². The third-order valence-electron chi connectivity index (χ3n) is 5.71. The largest absolute Gasteiger partial charge is 0.353 e. The first-order chi connectivity index (χ1) is 13.6. The number of carbonyl (C=O) groups excluding carboxylic acids is 2. The zero-order valence-electron chi connectivity index (χ0n) is 16.2. The molecule has 1 aromatic heterocycles. The van der Waals surface area contributed by atoms with Crippen molar-refractivity contribution in [3.8, 4) is 0 Å². The number of anilines is 1. The lowest BCUT2D eigenvalue weighted by molar-refractivity contribution is -0.144. The van der Waals surface area contributed by atoms with Crippen LogP contribution in [0.5, 0.6) is 0 Å². The number of benzene rings is 1. The molecule has 6 heteroatoms. The fourth-order valence-electron chi connectivity index (χ4n) is 3.70. The molecule has 1 aliphatic heterocycles. The van der Waals surface area contributed by atoms with E-state index in [4.69, 9.17) is 0 Å². The number of amides is 2. The van der Waals surface area contributed by atoms with Crippen molar-refractivity contribution in [1.82, 2.24) is 15.2 Å². The standard InChI is InChI=1S/C22H26N4O2/c1-17-5-7-18(8-6-17)16-24-20(27)22(9-10-22)21(28)26-14-12-25(13-15-26)19-4-2-3-11-23-19/h2-8,11H,9-10,12-16H2,1H3,(H,24,27). The highest BCUT2D eigenvalue weighted by Gasteiger charge is 2.58. The molecule has 146 valence electrons. The first-order valence-electron chi connectivity index (χ1n) is 9.88. The second-order valence-electron chi connectivity index (χ2n) is 7.72. The van der Waals surface area contributed by atoms with Gasteiger partial charge in [0.2, 0.25) is 11.8 Å². The van der Waals surface area contributed by atoms with Gasteiger partial charge in [-0.1, -0.05) is 35.9 Å². The third kappa shape index (κ3) is 3.72. The molecular formula is C22H26N4O2. The van der Waals surface area contributed by atoms with E-state index in [1.807, 2.05) is 54.3 Å². The van der Waals surface area contributed by atoms with Gasteiger partial charge in [0, 0.05) is 38.9 Å². The zero-order valence-corrected chi connectivity index (χ0v) is 16.2. The number of nitrogens with zero attached hydrogens (tertiary/aromatic N) is 3. The lowest BCUT2D eigenvalue weighted by Gasteiger charge is -2.36. The van der Waals surface area contributed by atoms with E-state index in [1.54, 1.807) is 6.20 Å². The first-order valence-corrected chi connectivity index (χ1v) is 9.88. The predicted octanol–water partition coefficient (Wildman–Crippen LogP) is 2.14. The van der Waals surface area contributed by atoms with E-state index in [1.165, 1.54) is 5.56 Å². The van der Waals surface area contributed by atoms with E-state index in [9.17, 15) is 9.59 Å². The van der Waals surface area contributed by atoms with Crippen LogP contribution in [-0.4, -0.2) is 47.9 Å². The summed E-state index contributed by atoms with van der Waals surface area (Å²) in [7, 11) is 0. The molecule has 4 rings (SSSR count). The van der Waals surface area contributed by atoms with Crippen LogP contribution >= 0.6 is 0 Å². The van der Waals surface area contributed by atoms with Crippen LogP contribution in [0.1, 0.15) is 24.0 Å². The van der Waals surface area contributed by atoms with Crippen molar-refractivity contribution in [3.05, 3.63) is 59.8 Å². The van der Waals surface area contributed by atoms with Crippen molar-refractivity contribution >= 4 is 17.6 Å². The summed E-state index contributed by atoms with van der Waals surface area (Å²) in [5, 5.41) is 2.97. The summed E-state index contributed by atoms with van der Waals surface area (Å²) in [4.78, 5) is 34.2. The molecule has 1 saturated carbocycles. The Kier molecular flexibility index (Phi) is 5.03. The van der Waals surface area contributed by atoms with Gasteiger partial charge in [0.05, 0.1) is 0 Å². The molecule has 0 spiro atoms. The third-order valence-corrected chi connectivity index (χ3v) is 5.71. The number of aryl methyl sites for hydroxylation is 1. The van der Waals surface area contributed by atoms with E-state index in [2.05, 4.69) is 15.2 Å². The minimum atomic E-state index is -0.849. The molecule has 2 amide bonds. The lowest BCUT2D eigenvalue weighted by atomic mass is 10.0. The molecule has 0 radical (unpaired) electrons. The molecule has 2 fully saturated rings.